The monoisotopic (exact) mass is 213 g/mol. The van der Waals surface area contributed by atoms with E-state index in [1.165, 1.54) is 0 Å². The van der Waals surface area contributed by atoms with Gasteiger partial charge in [0.15, 0.2) is 0 Å². The van der Waals surface area contributed by atoms with Gasteiger partial charge in [0.25, 0.3) is 0 Å². The first-order valence-corrected chi connectivity index (χ1v) is 5.61. The minimum Gasteiger partial charge on any atom is -0.350 e. The minimum atomic E-state index is -0.164. The van der Waals surface area contributed by atoms with Crippen LogP contribution in [0.15, 0.2) is 0 Å². The van der Waals surface area contributed by atoms with Gasteiger partial charge in [0.05, 0.1) is 6.04 Å². The molecule has 1 aliphatic rings. The van der Waals surface area contributed by atoms with Gasteiger partial charge < -0.3 is 16.4 Å². The average molecular weight is 213 g/mol. The van der Waals surface area contributed by atoms with Crippen molar-refractivity contribution in [2.45, 2.75) is 64.2 Å². The van der Waals surface area contributed by atoms with Gasteiger partial charge in [0.1, 0.15) is 0 Å². The van der Waals surface area contributed by atoms with E-state index >= 15 is 0 Å². The molecular weight excluding hydrogens is 190 g/mol. The Morgan fingerprint density at radius 3 is 2.33 bits per heavy atom. The minimum absolute atomic E-state index is 0.0583. The lowest BCUT2D eigenvalue weighted by atomic mass is 9.87. The van der Waals surface area contributed by atoms with E-state index in [4.69, 9.17) is 5.73 Å². The fraction of sp³-hybridized carbons (Fsp3) is 0.909. The van der Waals surface area contributed by atoms with Gasteiger partial charge in [0.2, 0.25) is 5.91 Å². The van der Waals surface area contributed by atoms with Gasteiger partial charge in [-0.1, -0.05) is 0 Å². The molecule has 88 valence electrons. The number of hydrogen-bond donors (Lipinski definition) is 3. The number of amides is 1. The molecule has 0 heterocycles. The number of hydrogen-bond acceptors (Lipinski definition) is 3. The highest BCUT2D eigenvalue weighted by Crippen LogP contribution is 2.17. The predicted molar refractivity (Wildman–Crippen MR) is 61.5 cm³/mol. The lowest BCUT2D eigenvalue weighted by Crippen LogP contribution is -2.56. The van der Waals surface area contributed by atoms with Crippen LogP contribution < -0.4 is 16.4 Å². The Bertz CT molecular complexity index is 228. The van der Waals surface area contributed by atoms with Crippen molar-refractivity contribution in [2.75, 3.05) is 0 Å². The molecule has 1 amide bonds. The third kappa shape index (κ3) is 4.18. The van der Waals surface area contributed by atoms with Crippen molar-refractivity contribution in [3.8, 4) is 0 Å². The molecule has 4 N–H and O–H groups in total. The fourth-order valence-electron chi connectivity index (χ4n) is 1.71. The van der Waals surface area contributed by atoms with Gasteiger partial charge in [-0.15, -0.1) is 0 Å². The van der Waals surface area contributed by atoms with E-state index in [1.54, 1.807) is 0 Å². The van der Waals surface area contributed by atoms with Crippen molar-refractivity contribution in [1.82, 2.24) is 10.6 Å². The molecule has 1 saturated carbocycles. The number of carbonyl (C=O) groups excluding carboxylic acids is 1. The van der Waals surface area contributed by atoms with Crippen molar-refractivity contribution in [3.05, 3.63) is 0 Å². The van der Waals surface area contributed by atoms with Gasteiger partial charge in [-0.3, -0.25) is 4.79 Å². The number of nitrogens with two attached hydrogens (primary N) is 1. The van der Waals surface area contributed by atoms with Crippen LogP contribution >= 0.6 is 0 Å². The van der Waals surface area contributed by atoms with Crippen LogP contribution in [-0.4, -0.2) is 29.6 Å². The van der Waals surface area contributed by atoms with Gasteiger partial charge in [-0.05, 0) is 40.5 Å². The third-order valence-corrected chi connectivity index (χ3v) is 2.55. The summed E-state index contributed by atoms with van der Waals surface area (Å²) in [6.45, 7) is 7.84. The number of nitrogens with one attached hydrogen (secondary N) is 2. The maximum absolute atomic E-state index is 11.7. The van der Waals surface area contributed by atoms with E-state index in [2.05, 4.69) is 10.6 Å². The summed E-state index contributed by atoms with van der Waals surface area (Å²) >= 11 is 0. The molecule has 15 heavy (non-hydrogen) atoms. The van der Waals surface area contributed by atoms with Gasteiger partial charge >= 0.3 is 0 Å². The second kappa shape index (κ2) is 4.49. The van der Waals surface area contributed by atoms with Crippen molar-refractivity contribution in [1.29, 1.82) is 0 Å². The summed E-state index contributed by atoms with van der Waals surface area (Å²) in [5.41, 5.74) is 5.52. The highest BCUT2D eigenvalue weighted by atomic mass is 16.2. The first-order valence-electron chi connectivity index (χ1n) is 5.61. The van der Waals surface area contributed by atoms with Crippen LogP contribution in [0.25, 0.3) is 0 Å². The predicted octanol–water partition coefficient (Wildman–Crippen LogP) is 0.369. The first kappa shape index (κ1) is 12.5. The van der Waals surface area contributed by atoms with Crippen molar-refractivity contribution >= 4 is 5.91 Å². The van der Waals surface area contributed by atoms with E-state index in [1.807, 2.05) is 27.7 Å². The second-order valence-electron chi connectivity index (χ2n) is 5.56. The molecule has 4 nitrogen and oxygen atoms in total. The van der Waals surface area contributed by atoms with Crippen molar-refractivity contribution in [2.24, 2.45) is 5.73 Å². The zero-order valence-electron chi connectivity index (χ0n) is 10.1. The Morgan fingerprint density at radius 2 is 1.93 bits per heavy atom. The SMILES string of the molecule is CC(NC1CC(N)C1)C(=O)NC(C)(C)C. The molecule has 1 atom stereocenters. The summed E-state index contributed by atoms with van der Waals surface area (Å²) in [7, 11) is 0. The Morgan fingerprint density at radius 1 is 1.40 bits per heavy atom. The molecule has 0 aromatic rings. The molecule has 4 heteroatoms. The zero-order chi connectivity index (χ0) is 11.6. The maximum Gasteiger partial charge on any atom is 0.237 e. The van der Waals surface area contributed by atoms with E-state index in [0.717, 1.165) is 12.8 Å². The van der Waals surface area contributed by atoms with Crippen molar-refractivity contribution < 1.29 is 4.79 Å². The van der Waals surface area contributed by atoms with Crippen LogP contribution in [0.4, 0.5) is 0 Å². The average Bonchev–Trinajstić information content (AvgIpc) is 1.98. The third-order valence-electron chi connectivity index (χ3n) is 2.55. The summed E-state index contributed by atoms with van der Waals surface area (Å²) in [5.74, 6) is 0.0583. The molecule has 0 radical (unpaired) electrons. The molecule has 0 aliphatic heterocycles. The highest BCUT2D eigenvalue weighted by Gasteiger charge is 2.29. The summed E-state index contributed by atoms with van der Waals surface area (Å²) in [6.07, 6.45) is 1.96. The lowest BCUT2D eigenvalue weighted by molar-refractivity contribution is -0.124. The van der Waals surface area contributed by atoms with E-state index in [0.29, 0.717) is 12.1 Å². The summed E-state index contributed by atoms with van der Waals surface area (Å²) < 4.78 is 0. The van der Waals surface area contributed by atoms with E-state index < -0.39 is 0 Å². The van der Waals surface area contributed by atoms with Crippen molar-refractivity contribution in [3.63, 3.8) is 0 Å². The molecule has 1 aliphatic carbocycles. The Hall–Kier alpha value is -0.610. The van der Waals surface area contributed by atoms with Crippen LogP contribution in [0.5, 0.6) is 0 Å². The molecule has 0 aromatic carbocycles. The fourth-order valence-corrected chi connectivity index (χ4v) is 1.71. The van der Waals surface area contributed by atoms with Gasteiger partial charge in [0, 0.05) is 17.6 Å². The van der Waals surface area contributed by atoms with Crippen LogP contribution in [0, 0.1) is 0 Å². The first-order chi connectivity index (χ1) is 6.78. The Balaban J connectivity index is 2.27. The van der Waals surface area contributed by atoms with E-state index in [9.17, 15) is 4.79 Å². The Kier molecular flexibility index (Phi) is 3.73. The second-order valence-corrected chi connectivity index (χ2v) is 5.56. The maximum atomic E-state index is 11.7. The normalized spacial score (nSPS) is 28.1. The van der Waals surface area contributed by atoms with Crippen LogP contribution in [-0.2, 0) is 4.79 Å². The number of carbonyl (C=O) groups is 1. The van der Waals surface area contributed by atoms with Crippen LogP contribution in [0.2, 0.25) is 0 Å². The van der Waals surface area contributed by atoms with Crippen LogP contribution in [0.1, 0.15) is 40.5 Å². The topological polar surface area (TPSA) is 67.1 Å². The zero-order valence-corrected chi connectivity index (χ0v) is 10.1. The lowest BCUT2D eigenvalue weighted by Gasteiger charge is -2.35. The molecule has 0 aromatic heterocycles. The molecule has 1 unspecified atom stereocenters. The Labute approximate surface area is 92.0 Å². The molecule has 1 fully saturated rings. The summed E-state index contributed by atoms with van der Waals surface area (Å²) in [6, 6.07) is 0.600. The summed E-state index contributed by atoms with van der Waals surface area (Å²) in [5, 5.41) is 6.23. The molecule has 0 saturated heterocycles. The smallest absolute Gasteiger partial charge is 0.237 e. The largest absolute Gasteiger partial charge is 0.350 e. The molecular formula is C11H23N3O. The van der Waals surface area contributed by atoms with Gasteiger partial charge in [-0.2, -0.15) is 0 Å². The standard InChI is InChI=1S/C11H23N3O/c1-7(10(15)14-11(2,3)4)13-9-5-8(12)6-9/h7-9,13H,5-6,12H2,1-4H3,(H,14,15). The summed E-state index contributed by atoms with van der Waals surface area (Å²) in [4.78, 5) is 11.7. The van der Waals surface area contributed by atoms with E-state index in [-0.39, 0.29) is 17.5 Å². The quantitative estimate of drug-likeness (QED) is 0.634. The molecule has 0 spiro atoms. The molecule has 0 bridgehead atoms. The highest BCUT2D eigenvalue weighted by molar-refractivity contribution is 5.81. The van der Waals surface area contributed by atoms with Gasteiger partial charge in [-0.25, -0.2) is 0 Å². The molecule has 1 rings (SSSR count). The van der Waals surface area contributed by atoms with Crippen LogP contribution in [0.3, 0.4) is 0 Å². The number of rotatable bonds is 3.